The molecule has 0 heterocycles. The van der Waals surface area contributed by atoms with E-state index in [-0.39, 0.29) is 11.7 Å². The van der Waals surface area contributed by atoms with Gasteiger partial charge < -0.3 is 11.5 Å². The summed E-state index contributed by atoms with van der Waals surface area (Å²) in [5.74, 6) is -0.0428. The standard InChI is InChI=1S/C10H12ClFN2/c11-6-3-7(9(13)5-1-2-5)10(14)8(12)4-6/h3-5,9H,1-2,13-14H2/t9-/m0/s1. The Kier molecular flexibility index (Phi) is 2.37. The van der Waals surface area contributed by atoms with E-state index in [1.165, 1.54) is 6.07 Å². The number of halogens is 2. The van der Waals surface area contributed by atoms with Gasteiger partial charge >= 0.3 is 0 Å². The Morgan fingerprint density at radius 3 is 2.64 bits per heavy atom. The number of benzene rings is 1. The van der Waals surface area contributed by atoms with Gasteiger partial charge in [0, 0.05) is 11.1 Å². The Balaban J connectivity index is 2.39. The monoisotopic (exact) mass is 214 g/mol. The molecule has 0 aromatic heterocycles. The molecule has 1 aliphatic rings. The van der Waals surface area contributed by atoms with E-state index in [9.17, 15) is 4.39 Å². The van der Waals surface area contributed by atoms with Gasteiger partial charge in [0.25, 0.3) is 0 Å². The molecule has 1 aromatic rings. The molecule has 2 nitrogen and oxygen atoms in total. The van der Waals surface area contributed by atoms with Crippen molar-refractivity contribution in [3.05, 3.63) is 28.5 Å². The first-order valence-electron chi connectivity index (χ1n) is 4.59. The molecule has 0 aliphatic heterocycles. The molecule has 4 heteroatoms. The van der Waals surface area contributed by atoms with E-state index in [4.69, 9.17) is 23.1 Å². The van der Waals surface area contributed by atoms with Gasteiger partial charge in [-0.2, -0.15) is 0 Å². The fourth-order valence-corrected chi connectivity index (χ4v) is 1.80. The zero-order valence-corrected chi connectivity index (χ0v) is 8.39. The third-order valence-corrected chi connectivity index (χ3v) is 2.83. The van der Waals surface area contributed by atoms with Crippen molar-refractivity contribution in [1.82, 2.24) is 0 Å². The van der Waals surface area contributed by atoms with Crippen molar-refractivity contribution in [3.63, 3.8) is 0 Å². The largest absolute Gasteiger partial charge is 0.396 e. The summed E-state index contributed by atoms with van der Waals surface area (Å²) in [7, 11) is 0. The third kappa shape index (κ3) is 1.70. The lowest BCUT2D eigenvalue weighted by molar-refractivity contribution is 0.608. The fourth-order valence-electron chi connectivity index (χ4n) is 1.59. The number of nitrogen functional groups attached to an aromatic ring is 1. The number of nitrogens with two attached hydrogens (primary N) is 2. The lowest BCUT2D eigenvalue weighted by Gasteiger charge is -2.14. The van der Waals surface area contributed by atoms with Crippen molar-refractivity contribution in [2.75, 3.05) is 5.73 Å². The van der Waals surface area contributed by atoms with Gasteiger partial charge in [-0.1, -0.05) is 11.6 Å². The third-order valence-electron chi connectivity index (χ3n) is 2.62. The van der Waals surface area contributed by atoms with Crippen LogP contribution in [0, 0.1) is 11.7 Å². The van der Waals surface area contributed by atoms with Crippen molar-refractivity contribution in [3.8, 4) is 0 Å². The lowest BCUT2D eigenvalue weighted by atomic mass is 10.0. The molecule has 0 unspecified atom stereocenters. The Morgan fingerprint density at radius 2 is 2.07 bits per heavy atom. The Morgan fingerprint density at radius 1 is 1.43 bits per heavy atom. The SMILES string of the molecule is Nc1c(F)cc(Cl)cc1[C@@H](N)C1CC1. The first-order valence-corrected chi connectivity index (χ1v) is 4.97. The van der Waals surface area contributed by atoms with E-state index in [0.717, 1.165) is 12.8 Å². The smallest absolute Gasteiger partial charge is 0.147 e. The van der Waals surface area contributed by atoms with E-state index in [2.05, 4.69) is 0 Å². The van der Waals surface area contributed by atoms with Crippen LogP contribution in [0.5, 0.6) is 0 Å². The van der Waals surface area contributed by atoms with Crippen molar-refractivity contribution in [1.29, 1.82) is 0 Å². The van der Waals surface area contributed by atoms with Crippen molar-refractivity contribution >= 4 is 17.3 Å². The van der Waals surface area contributed by atoms with Crippen LogP contribution in [0.2, 0.25) is 5.02 Å². The highest BCUT2D eigenvalue weighted by atomic mass is 35.5. The summed E-state index contributed by atoms with van der Waals surface area (Å²) in [5.41, 5.74) is 12.3. The minimum Gasteiger partial charge on any atom is -0.396 e. The van der Waals surface area contributed by atoms with E-state index < -0.39 is 5.82 Å². The van der Waals surface area contributed by atoms with Crippen LogP contribution in [0.4, 0.5) is 10.1 Å². The highest BCUT2D eigenvalue weighted by Crippen LogP contribution is 2.42. The predicted molar refractivity (Wildman–Crippen MR) is 55.5 cm³/mol. The molecule has 1 atom stereocenters. The predicted octanol–water partition coefficient (Wildman–Crippen LogP) is 2.47. The number of rotatable bonds is 2. The number of anilines is 1. The van der Waals surface area contributed by atoms with Crippen molar-refractivity contribution in [2.24, 2.45) is 11.7 Å². The van der Waals surface area contributed by atoms with Gasteiger partial charge in [0.2, 0.25) is 0 Å². The molecule has 1 saturated carbocycles. The summed E-state index contributed by atoms with van der Waals surface area (Å²) >= 11 is 5.74. The van der Waals surface area contributed by atoms with Gasteiger partial charge in [-0.15, -0.1) is 0 Å². The molecular weight excluding hydrogens is 203 g/mol. The quantitative estimate of drug-likeness (QED) is 0.744. The average Bonchev–Trinajstić information content (AvgIpc) is 2.93. The van der Waals surface area contributed by atoms with Crippen LogP contribution in [0.3, 0.4) is 0 Å². The first kappa shape index (κ1) is 9.74. The minimum atomic E-state index is -0.483. The zero-order chi connectivity index (χ0) is 10.3. The lowest BCUT2D eigenvalue weighted by Crippen LogP contribution is -2.15. The summed E-state index contributed by atoms with van der Waals surface area (Å²) < 4.78 is 13.2. The van der Waals surface area contributed by atoms with Crippen LogP contribution in [0.1, 0.15) is 24.4 Å². The Labute approximate surface area is 87.0 Å². The fraction of sp³-hybridized carbons (Fsp3) is 0.400. The van der Waals surface area contributed by atoms with Crippen LogP contribution in [0.15, 0.2) is 12.1 Å². The second-order valence-corrected chi connectivity index (χ2v) is 4.19. The van der Waals surface area contributed by atoms with Gasteiger partial charge in [0.1, 0.15) is 5.82 Å². The first-order chi connectivity index (χ1) is 6.59. The molecule has 2 rings (SSSR count). The van der Waals surface area contributed by atoms with Crippen molar-refractivity contribution < 1.29 is 4.39 Å². The normalized spacial score (nSPS) is 18.2. The van der Waals surface area contributed by atoms with E-state index >= 15 is 0 Å². The topological polar surface area (TPSA) is 52.0 Å². The minimum absolute atomic E-state index is 0.133. The van der Waals surface area contributed by atoms with E-state index in [1.807, 2.05) is 0 Å². The molecule has 14 heavy (non-hydrogen) atoms. The maximum absolute atomic E-state index is 13.2. The second-order valence-electron chi connectivity index (χ2n) is 3.75. The summed E-state index contributed by atoms with van der Waals surface area (Å²) in [6.07, 6.45) is 2.18. The molecule has 1 aliphatic carbocycles. The molecule has 76 valence electrons. The van der Waals surface area contributed by atoms with Gasteiger partial charge in [-0.25, -0.2) is 4.39 Å². The van der Waals surface area contributed by atoms with Crippen LogP contribution < -0.4 is 11.5 Å². The van der Waals surface area contributed by atoms with Gasteiger partial charge in [-0.3, -0.25) is 0 Å². The van der Waals surface area contributed by atoms with E-state index in [0.29, 0.717) is 16.5 Å². The maximum atomic E-state index is 13.2. The molecule has 1 fully saturated rings. The van der Waals surface area contributed by atoms with Crippen LogP contribution >= 0.6 is 11.6 Å². The van der Waals surface area contributed by atoms with Gasteiger partial charge in [0.15, 0.2) is 0 Å². The van der Waals surface area contributed by atoms with Crippen molar-refractivity contribution in [2.45, 2.75) is 18.9 Å². The second kappa shape index (κ2) is 3.41. The molecule has 4 N–H and O–H groups in total. The molecule has 0 radical (unpaired) electrons. The summed E-state index contributed by atoms with van der Waals surface area (Å²) in [4.78, 5) is 0. The zero-order valence-electron chi connectivity index (χ0n) is 7.63. The molecule has 0 bridgehead atoms. The van der Waals surface area contributed by atoms with Crippen LogP contribution in [-0.4, -0.2) is 0 Å². The summed E-state index contributed by atoms with van der Waals surface area (Å²) in [5, 5.41) is 0.350. The molecule has 0 amide bonds. The molecular formula is C10H12ClFN2. The number of hydrogen-bond acceptors (Lipinski definition) is 2. The maximum Gasteiger partial charge on any atom is 0.147 e. The number of hydrogen-bond donors (Lipinski definition) is 2. The highest BCUT2D eigenvalue weighted by Gasteiger charge is 2.31. The van der Waals surface area contributed by atoms with Gasteiger partial charge in [-0.05, 0) is 36.5 Å². The highest BCUT2D eigenvalue weighted by molar-refractivity contribution is 6.30. The molecule has 0 saturated heterocycles. The molecule has 0 spiro atoms. The van der Waals surface area contributed by atoms with Crippen LogP contribution in [0.25, 0.3) is 0 Å². The summed E-state index contributed by atoms with van der Waals surface area (Å²) in [6, 6.07) is 2.69. The average molecular weight is 215 g/mol. The Hall–Kier alpha value is -0.800. The summed E-state index contributed by atoms with van der Waals surface area (Å²) in [6.45, 7) is 0. The molecule has 1 aromatic carbocycles. The van der Waals surface area contributed by atoms with E-state index in [1.54, 1.807) is 6.07 Å². The van der Waals surface area contributed by atoms with Crippen LogP contribution in [-0.2, 0) is 0 Å². The van der Waals surface area contributed by atoms with Gasteiger partial charge in [0.05, 0.1) is 5.69 Å². The Bertz CT molecular complexity index is 363.